The number of guanidine groups is 1. The Morgan fingerprint density at radius 3 is 1.92 bits per heavy atom. The molecule has 5 rings (SSSR count). The Hall–Kier alpha value is -8.92. The number of aliphatic imine (C=N–C) groups is 1. The Morgan fingerprint density at radius 1 is 0.702 bits per heavy atom. The number of carbonyl (C=O) groups excluding carboxylic acids is 13. The number of carbonyl (C=O) groups is 13. The van der Waals surface area contributed by atoms with Crippen LogP contribution in [0.5, 0.6) is 5.75 Å². The van der Waals surface area contributed by atoms with E-state index in [2.05, 4.69) is 47.5 Å². The third-order valence-electron chi connectivity index (χ3n) is 16.5. The summed E-state index contributed by atoms with van der Waals surface area (Å²) >= 11 is 0. The van der Waals surface area contributed by atoms with Gasteiger partial charge in [-0.1, -0.05) is 89.7 Å². The summed E-state index contributed by atoms with van der Waals surface area (Å²) < 4.78 is 22.4. The van der Waals surface area contributed by atoms with E-state index in [1.54, 1.807) is 63.2 Å². The Kier molecular flexibility index (Phi) is 35.8. The van der Waals surface area contributed by atoms with E-state index in [0.29, 0.717) is 30.4 Å². The van der Waals surface area contributed by atoms with Crippen LogP contribution in [0.15, 0.2) is 59.6 Å². The quantitative estimate of drug-likeness (QED) is 0.00826. The lowest BCUT2D eigenvalue weighted by Crippen LogP contribution is -2.65. The number of amides is 12. The zero-order valence-corrected chi connectivity index (χ0v) is 60.1. The van der Waals surface area contributed by atoms with Gasteiger partial charge < -0.3 is 116 Å². The van der Waals surface area contributed by atoms with Crippen molar-refractivity contribution in [3.05, 3.63) is 65.7 Å². The highest BCUT2D eigenvalue weighted by atomic mass is 33.1. The maximum absolute atomic E-state index is 14.8. The molecular weight excluding hydrogens is 1400 g/mol. The third-order valence-corrected chi connectivity index (χ3v) is 18.9. The second-order valence-corrected chi connectivity index (χ2v) is 28.7. The van der Waals surface area contributed by atoms with Crippen molar-refractivity contribution >= 4 is 105 Å². The maximum Gasteiger partial charge on any atom is 0.408 e. The predicted octanol–water partition coefficient (Wildman–Crippen LogP) is -4.13. The van der Waals surface area contributed by atoms with Gasteiger partial charge in [-0.05, 0) is 89.0 Å². The van der Waals surface area contributed by atoms with Crippen LogP contribution in [0.3, 0.4) is 0 Å². The van der Waals surface area contributed by atoms with Gasteiger partial charge in [0.2, 0.25) is 65.0 Å². The van der Waals surface area contributed by atoms with Crippen molar-refractivity contribution in [2.75, 3.05) is 44.4 Å². The average Bonchev–Trinajstić information content (AvgIpc) is 0.905. The molecule has 3 fully saturated rings. The number of primary amides is 3. The topological polar surface area (TPSA) is 587 Å². The molecule has 36 nitrogen and oxygen atoms in total. The van der Waals surface area contributed by atoms with Crippen molar-refractivity contribution in [3.8, 4) is 5.75 Å². The van der Waals surface area contributed by atoms with E-state index in [1.165, 1.54) is 17.0 Å². The van der Waals surface area contributed by atoms with Gasteiger partial charge in [0.25, 0.3) is 0 Å². The molecule has 2 aromatic carbocycles. The molecule has 104 heavy (non-hydrogen) atoms. The van der Waals surface area contributed by atoms with Crippen LogP contribution in [0, 0.1) is 0 Å². The monoisotopic (exact) mass is 1500 g/mol. The van der Waals surface area contributed by atoms with Crippen molar-refractivity contribution in [3.63, 3.8) is 0 Å². The van der Waals surface area contributed by atoms with E-state index in [4.69, 9.17) is 53.3 Å². The van der Waals surface area contributed by atoms with E-state index < -0.39 is 194 Å². The molecule has 0 bridgehead atoms. The molecule has 0 radical (unpaired) electrons. The van der Waals surface area contributed by atoms with E-state index in [-0.39, 0.29) is 87.9 Å². The summed E-state index contributed by atoms with van der Waals surface area (Å²) in [7, 11) is 1.94. The summed E-state index contributed by atoms with van der Waals surface area (Å²) in [6.07, 6.45) is -3.88. The van der Waals surface area contributed by atoms with Crippen LogP contribution in [0.25, 0.3) is 0 Å². The van der Waals surface area contributed by atoms with Gasteiger partial charge in [0.15, 0.2) is 12.2 Å². The van der Waals surface area contributed by atoms with Crippen LogP contribution >= 0.6 is 21.6 Å². The molecule has 0 spiro atoms. The minimum atomic E-state index is -1.84. The van der Waals surface area contributed by atoms with E-state index in [0.717, 1.165) is 40.9 Å². The molecule has 3 heterocycles. The Labute approximate surface area is 609 Å². The Bertz CT molecular complexity index is 3280. The normalized spacial score (nSPS) is 24.1. The highest BCUT2D eigenvalue weighted by Gasteiger charge is 2.47. The lowest BCUT2D eigenvalue weighted by atomic mass is 9.97. The molecule has 13 atom stereocenters. The smallest absolute Gasteiger partial charge is 0.408 e. The van der Waals surface area contributed by atoms with Gasteiger partial charge in [0.05, 0.1) is 25.6 Å². The molecule has 576 valence electrons. The number of nitrogens with one attached hydrogen (secondary N) is 8. The maximum atomic E-state index is 14.8. The molecule has 0 aromatic heterocycles. The number of rotatable bonds is 32. The first-order chi connectivity index (χ1) is 49.3. The number of ether oxygens (including phenoxy) is 4. The molecule has 23 N–H and O–H groups in total. The van der Waals surface area contributed by atoms with Gasteiger partial charge in [-0.2, -0.15) is 0 Å². The van der Waals surface area contributed by atoms with Gasteiger partial charge in [0.1, 0.15) is 78.0 Å². The number of benzene rings is 2. The number of hydrogen-bond donors (Lipinski definition) is 17. The number of likely N-dealkylation sites (tertiary alicyclic amines) is 1. The number of nitrogens with zero attached hydrogens (tertiary/aromatic N) is 2. The predicted molar refractivity (Wildman–Crippen MR) is 379 cm³/mol. The number of esters is 1. The Balaban J connectivity index is 1.31. The summed E-state index contributed by atoms with van der Waals surface area (Å²) in [5, 5.41) is 51.2. The second-order valence-electron chi connectivity index (χ2n) is 26.2. The summed E-state index contributed by atoms with van der Waals surface area (Å²) in [6.45, 7) is 4.03. The van der Waals surface area contributed by atoms with Crippen molar-refractivity contribution in [2.45, 2.75) is 208 Å². The molecule has 0 saturated carbocycles. The van der Waals surface area contributed by atoms with E-state index in [1.807, 2.05) is 0 Å². The molecule has 3 aliphatic rings. The molecule has 3 saturated heterocycles. The molecular formula is C66H100N16O20S2. The number of alkyl carbamates (subject to hydrolysis) is 1. The molecule has 2 aromatic rings. The molecule has 38 heteroatoms. The minimum absolute atomic E-state index is 0.0239. The van der Waals surface area contributed by atoms with Gasteiger partial charge in [-0.25, -0.2) is 4.79 Å². The first-order valence-electron chi connectivity index (χ1n) is 34.2. The molecule has 3 aliphatic heterocycles. The third kappa shape index (κ3) is 30.0. The first-order valence-corrected chi connectivity index (χ1v) is 36.7. The van der Waals surface area contributed by atoms with Gasteiger partial charge >= 0.3 is 12.1 Å². The summed E-state index contributed by atoms with van der Waals surface area (Å²) in [5.41, 5.74) is 33.8. The van der Waals surface area contributed by atoms with Crippen LogP contribution in [-0.2, 0) is 84.6 Å². The first kappa shape index (κ1) is 85.7. The van der Waals surface area contributed by atoms with Crippen molar-refractivity contribution < 1.29 is 96.6 Å². The van der Waals surface area contributed by atoms with Crippen LogP contribution in [0.4, 0.5) is 4.79 Å². The van der Waals surface area contributed by atoms with Gasteiger partial charge in [-0.3, -0.25) is 62.5 Å². The van der Waals surface area contributed by atoms with Gasteiger partial charge in [0, 0.05) is 56.9 Å². The van der Waals surface area contributed by atoms with Crippen molar-refractivity contribution in [1.29, 1.82) is 0 Å². The molecule has 12 amide bonds. The Morgan fingerprint density at radius 2 is 1.30 bits per heavy atom. The standard InChI is InChI=1S/C66H100N16O20S2/c1-66(2,3)102-65(98)81-52-54(89)53(88)47(33-83)101-63(52)99-28-12-7-5-4-6-11-19-51(87)100-38-22-20-37(21-23-38)30-42-59(94)78-43(29-36-15-9-8-10-16-36)58(93)75-41(24-25-48(68)84)57(92)79-44(31-49(69)85)60(95)80-45(35-104-103-34-39(67)55(90)77-42)62(97)82-27-14-18-46(82)61(96)76-40(17-13-26-73-64(71)72)56(91)74-32-50(70)86/h8-10,15-16,20-23,39-47,52-54,63,83,88-89H,4-7,11-14,17-19,24-35,67H2,1-3H3,(H2,68,84)(H2,69,85)(H2,70,86)(H,74,91)(H,75,93)(H,76,96)(H,77,90)(H,78,94)(H,79,92)(H,80,95)(H,81,98)(H4,71,72,73)/t39-,40-,41-,42-,43-,44-,45-,46-,47+,52+,53+,54+,63-/m0/s1. The van der Waals surface area contributed by atoms with Crippen molar-refractivity contribution in [2.24, 2.45) is 39.4 Å². The zero-order chi connectivity index (χ0) is 76.6. The number of hydrogen-bond acceptors (Lipinski definition) is 24. The second kappa shape index (κ2) is 43.4. The van der Waals surface area contributed by atoms with Crippen LogP contribution < -0.4 is 81.7 Å². The van der Waals surface area contributed by atoms with Crippen LogP contribution in [0.2, 0.25) is 0 Å². The fourth-order valence-electron chi connectivity index (χ4n) is 11.1. The number of unbranched alkanes of at least 4 members (excludes halogenated alkanes) is 5. The molecule has 0 aliphatic carbocycles. The average molecular weight is 1500 g/mol. The van der Waals surface area contributed by atoms with Crippen molar-refractivity contribution in [1.82, 2.24) is 47.4 Å². The minimum Gasteiger partial charge on any atom is -0.444 e. The number of aliphatic hydroxyl groups excluding tert-OH is 3. The fourth-order valence-corrected chi connectivity index (χ4v) is 13.4. The SMILES string of the molecule is CC(C)(C)OC(=O)N[C@H]1[C@@H](OCCCCCCCCC(=O)Oc2ccc(C[C@@H]3NC(=O)[C@@H](N)CSSC[C@@H](C(=O)N4CCC[C@H]4C(=O)N[C@@H](CCCN=C(N)N)C(=O)NCC(N)=O)NC(=O)[C@H](CC(N)=O)NC(=O)[C@H](CCC(N)=O)NC(=O)[C@H](Cc4ccccc4)NC3=O)cc2)O[C@H](CO)[C@@H](O)[C@@H]1O. The number of aliphatic hydroxyl groups is 3. The summed E-state index contributed by atoms with van der Waals surface area (Å²) in [4.78, 5) is 181. The largest absolute Gasteiger partial charge is 0.444 e. The summed E-state index contributed by atoms with van der Waals surface area (Å²) in [6, 6.07) is 1.36. The molecule has 0 unspecified atom stereocenters. The highest BCUT2D eigenvalue weighted by Crippen LogP contribution is 2.28. The lowest BCUT2D eigenvalue weighted by molar-refractivity contribution is -0.269. The highest BCUT2D eigenvalue weighted by molar-refractivity contribution is 8.76. The van der Waals surface area contributed by atoms with Crippen LogP contribution in [0.1, 0.15) is 122 Å². The zero-order valence-electron chi connectivity index (χ0n) is 58.4. The van der Waals surface area contributed by atoms with Gasteiger partial charge in [-0.15, -0.1) is 0 Å². The lowest BCUT2D eigenvalue weighted by Gasteiger charge is -2.42. The number of nitrogens with two attached hydrogens (primary N) is 6. The fraction of sp³-hybridized carbons (Fsp3) is 0.606. The summed E-state index contributed by atoms with van der Waals surface area (Å²) in [5.74, 6) is -11.3. The van der Waals surface area contributed by atoms with Crippen LogP contribution in [-0.4, -0.2) is 232 Å². The van der Waals surface area contributed by atoms with E-state index in [9.17, 15) is 77.6 Å². The van der Waals surface area contributed by atoms with E-state index >= 15 is 0 Å².